The van der Waals surface area contributed by atoms with Crippen LogP contribution in [-0.4, -0.2) is 33.2 Å². The molecule has 3 heteroatoms. The smallest absolute Gasteiger partial charge is 0.000848 e. The van der Waals surface area contributed by atoms with Crippen molar-refractivity contribution < 1.29 is 0 Å². The van der Waals surface area contributed by atoms with Gasteiger partial charge in [0.15, 0.2) is 0 Å². The molecule has 0 bridgehead atoms. The normalized spacial score (nSPS) is 13.2. The first-order valence-electron chi connectivity index (χ1n) is 4.90. The Morgan fingerprint density at radius 3 is 2.58 bits per heavy atom. The summed E-state index contributed by atoms with van der Waals surface area (Å²) in [6, 6.07) is 0. The van der Waals surface area contributed by atoms with Crippen molar-refractivity contribution >= 4 is 0 Å². The highest BCUT2D eigenvalue weighted by molar-refractivity contribution is 4.62. The van der Waals surface area contributed by atoms with Gasteiger partial charge in [-0.05, 0) is 45.6 Å². The molecule has 3 nitrogen and oxygen atoms in total. The summed E-state index contributed by atoms with van der Waals surface area (Å²) < 4.78 is 0. The number of hydrogen-bond acceptors (Lipinski definition) is 3. The van der Waals surface area contributed by atoms with Crippen LogP contribution in [0.25, 0.3) is 0 Å². The van der Waals surface area contributed by atoms with E-state index in [1.54, 1.807) is 0 Å². The highest BCUT2D eigenvalue weighted by Crippen LogP contribution is 1.97. The van der Waals surface area contributed by atoms with Crippen molar-refractivity contribution in [2.75, 3.05) is 33.2 Å². The molecule has 0 aromatic carbocycles. The Kier molecular flexibility index (Phi) is 8.88. The lowest BCUT2D eigenvalue weighted by Crippen LogP contribution is -2.30. The molecule has 4 N–H and O–H groups in total. The third-order valence-electron chi connectivity index (χ3n) is 2.06. The van der Waals surface area contributed by atoms with Crippen molar-refractivity contribution in [2.45, 2.75) is 19.8 Å². The molecule has 1 unspecified atom stereocenters. The van der Waals surface area contributed by atoms with Gasteiger partial charge < -0.3 is 16.4 Å². The molecule has 0 aliphatic heterocycles. The summed E-state index contributed by atoms with van der Waals surface area (Å²) in [5.74, 6) is 0.757. The second-order valence-corrected chi connectivity index (χ2v) is 3.18. The third kappa shape index (κ3) is 6.58. The van der Waals surface area contributed by atoms with Gasteiger partial charge in [-0.1, -0.05) is 13.3 Å². The van der Waals surface area contributed by atoms with Gasteiger partial charge in [-0.2, -0.15) is 0 Å². The molecule has 0 amide bonds. The maximum absolute atomic E-state index is 5.38. The molecule has 0 saturated carbocycles. The van der Waals surface area contributed by atoms with Crippen molar-refractivity contribution in [3.05, 3.63) is 0 Å². The van der Waals surface area contributed by atoms with Gasteiger partial charge in [0, 0.05) is 0 Å². The van der Waals surface area contributed by atoms with Crippen LogP contribution in [-0.2, 0) is 0 Å². The Morgan fingerprint density at radius 2 is 2.08 bits per heavy atom. The molecule has 0 rings (SSSR count). The monoisotopic (exact) mass is 173 g/mol. The minimum absolute atomic E-state index is 0.757. The van der Waals surface area contributed by atoms with E-state index in [1.807, 2.05) is 7.05 Å². The molecule has 12 heavy (non-hydrogen) atoms. The summed E-state index contributed by atoms with van der Waals surface area (Å²) in [5.41, 5.74) is 5.38. The average Bonchev–Trinajstić information content (AvgIpc) is 2.10. The molecule has 74 valence electrons. The molecule has 0 saturated heterocycles. The zero-order valence-electron chi connectivity index (χ0n) is 8.40. The molecule has 0 spiro atoms. The maximum Gasteiger partial charge on any atom is -0.000848 e. The standard InChI is InChI=1S/C9H23N3/c1-3-9(7-11-2)8-12-6-4-5-10/h9,11-12H,3-8,10H2,1-2H3. The quantitative estimate of drug-likeness (QED) is 0.459. The predicted molar refractivity (Wildman–Crippen MR) is 54.2 cm³/mol. The zero-order valence-corrected chi connectivity index (χ0v) is 8.40. The topological polar surface area (TPSA) is 50.1 Å². The predicted octanol–water partition coefficient (Wildman–Crippen LogP) is 0.170. The maximum atomic E-state index is 5.38. The fourth-order valence-electron chi connectivity index (χ4n) is 1.18. The van der Waals surface area contributed by atoms with Gasteiger partial charge >= 0.3 is 0 Å². The summed E-state index contributed by atoms with van der Waals surface area (Å²) in [6.07, 6.45) is 2.31. The fourth-order valence-corrected chi connectivity index (χ4v) is 1.18. The highest BCUT2D eigenvalue weighted by Gasteiger charge is 2.02. The van der Waals surface area contributed by atoms with E-state index in [9.17, 15) is 0 Å². The minimum atomic E-state index is 0.757. The van der Waals surface area contributed by atoms with Gasteiger partial charge in [0.1, 0.15) is 0 Å². The van der Waals surface area contributed by atoms with Gasteiger partial charge in [-0.3, -0.25) is 0 Å². The van der Waals surface area contributed by atoms with Crippen molar-refractivity contribution in [3.63, 3.8) is 0 Å². The number of rotatable bonds is 8. The van der Waals surface area contributed by atoms with Crippen LogP contribution in [0.2, 0.25) is 0 Å². The van der Waals surface area contributed by atoms with Crippen LogP contribution < -0.4 is 16.4 Å². The van der Waals surface area contributed by atoms with Crippen LogP contribution in [0.5, 0.6) is 0 Å². The first-order valence-corrected chi connectivity index (χ1v) is 4.90. The van der Waals surface area contributed by atoms with E-state index in [2.05, 4.69) is 17.6 Å². The summed E-state index contributed by atoms with van der Waals surface area (Å²) in [6.45, 7) is 6.28. The molecule has 0 fully saturated rings. The molecular weight excluding hydrogens is 150 g/mol. The van der Waals surface area contributed by atoms with Crippen LogP contribution in [0.4, 0.5) is 0 Å². The molecule has 0 aromatic heterocycles. The van der Waals surface area contributed by atoms with Crippen LogP contribution in [0.15, 0.2) is 0 Å². The number of hydrogen-bond donors (Lipinski definition) is 3. The Labute approximate surface area is 76.1 Å². The SMILES string of the molecule is CCC(CNC)CNCCCN. The highest BCUT2D eigenvalue weighted by atomic mass is 14.9. The van der Waals surface area contributed by atoms with E-state index in [1.165, 1.54) is 6.42 Å². The number of nitrogens with two attached hydrogens (primary N) is 1. The third-order valence-corrected chi connectivity index (χ3v) is 2.06. The van der Waals surface area contributed by atoms with E-state index in [0.29, 0.717) is 0 Å². The Hall–Kier alpha value is -0.120. The molecule has 1 atom stereocenters. The lowest BCUT2D eigenvalue weighted by molar-refractivity contribution is 0.444. The summed E-state index contributed by atoms with van der Waals surface area (Å²) in [7, 11) is 2.00. The molecule has 0 aromatic rings. The zero-order chi connectivity index (χ0) is 9.23. The summed E-state index contributed by atoms with van der Waals surface area (Å²) >= 11 is 0. The van der Waals surface area contributed by atoms with E-state index in [-0.39, 0.29) is 0 Å². The Morgan fingerprint density at radius 1 is 1.33 bits per heavy atom. The lowest BCUT2D eigenvalue weighted by Gasteiger charge is -2.14. The molecule has 0 aliphatic carbocycles. The van der Waals surface area contributed by atoms with E-state index >= 15 is 0 Å². The fraction of sp³-hybridized carbons (Fsp3) is 1.00. The molecule has 0 radical (unpaired) electrons. The van der Waals surface area contributed by atoms with E-state index in [4.69, 9.17) is 5.73 Å². The summed E-state index contributed by atoms with van der Waals surface area (Å²) in [5, 5.41) is 6.60. The number of nitrogens with one attached hydrogen (secondary N) is 2. The van der Waals surface area contributed by atoms with Gasteiger partial charge in [0.25, 0.3) is 0 Å². The van der Waals surface area contributed by atoms with Crippen molar-refractivity contribution in [1.29, 1.82) is 0 Å². The first kappa shape index (κ1) is 11.9. The van der Waals surface area contributed by atoms with E-state index in [0.717, 1.165) is 38.5 Å². The van der Waals surface area contributed by atoms with Gasteiger partial charge in [-0.25, -0.2) is 0 Å². The van der Waals surface area contributed by atoms with Gasteiger partial charge in [0.2, 0.25) is 0 Å². The Balaban J connectivity index is 3.19. The largest absolute Gasteiger partial charge is 0.330 e. The molecule has 0 aliphatic rings. The first-order chi connectivity index (χ1) is 5.85. The van der Waals surface area contributed by atoms with Crippen LogP contribution >= 0.6 is 0 Å². The second-order valence-electron chi connectivity index (χ2n) is 3.18. The molecular formula is C9H23N3. The average molecular weight is 173 g/mol. The van der Waals surface area contributed by atoms with E-state index < -0.39 is 0 Å². The van der Waals surface area contributed by atoms with Crippen LogP contribution in [0.3, 0.4) is 0 Å². The van der Waals surface area contributed by atoms with Gasteiger partial charge in [-0.15, -0.1) is 0 Å². The van der Waals surface area contributed by atoms with Crippen molar-refractivity contribution in [1.82, 2.24) is 10.6 Å². The minimum Gasteiger partial charge on any atom is -0.330 e. The van der Waals surface area contributed by atoms with Crippen LogP contribution in [0.1, 0.15) is 19.8 Å². The molecule has 0 heterocycles. The lowest BCUT2D eigenvalue weighted by atomic mass is 10.1. The van der Waals surface area contributed by atoms with Crippen LogP contribution in [0, 0.1) is 5.92 Å². The van der Waals surface area contributed by atoms with Gasteiger partial charge in [0.05, 0.1) is 0 Å². The van der Waals surface area contributed by atoms with Crippen molar-refractivity contribution in [2.24, 2.45) is 11.7 Å². The summed E-state index contributed by atoms with van der Waals surface area (Å²) in [4.78, 5) is 0. The van der Waals surface area contributed by atoms with Crippen molar-refractivity contribution in [3.8, 4) is 0 Å². The Bertz CT molecular complexity index is 85.8. The second kappa shape index (κ2) is 8.97.